The van der Waals surface area contributed by atoms with E-state index < -0.39 is 0 Å². The molecule has 0 saturated heterocycles. The molecule has 1 aliphatic rings. The summed E-state index contributed by atoms with van der Waals surface area (Å²) in [5.74, 6) is 0.473. The van der Waals surface area contributed by atoms with E-state index in [2.05, 4.69) is 5.32 Å². The zero-order valence-corrected chi connectivity index (χ0v) is 11.7. The summed E-state index contributed by atoms with van der Waals surface area (Å²) in [6.45, 7) is 0.713. The van der Waals surface area contributed by atoms with Gasteiger partial charge in [-0.1, -0.05) is 18.0 Å². The van der Waals surface area contributed by atoms with Crippen molar-refractivity contribution in [3.63, 3.8) is 0 Å². The quantitative estimate of drug-likeness (QED) is 0.840. The van der Waals surface area contributed by atoms with Crippen molar-refractivity contribution in [1.82, 2.24) is 5.32 Å². The summed E-state index contributed by atoms with van der Waals surface area (Å²) in [5.41, 5.74) is 0.651. The molecule has 1 fully saturated rings. The van der Waals surface area contributed by atoms with Crippen LogP contribution < -0.4 is 5.32 Å². The Morgan fingerprint density at radius 3 is 2.67 bits per heavy atom. The van der Waals surface area contributed by atoms with Crippen LogP contribution in [0, 0.1) is 5.92 Å². The molecule has 98 valence electrons. The first-order valence-electron chi connectivity index (χ1n) is 6.33. The Bertz CT molecular complexity index is 405. The second-order valence-corrected chi connectivity index (χ2v) is 5.90. The molecule has 4 heteroatoms. The van der Waals surface area contributed by atoms with E-state index in [4.69, 9.17) is 23.2 Å². The number of rotatable bonds is 3. The van der Waals surface area contributed by atoms with Crippen LogP contribution in [0.4, 0.5) is 0 Å². The lowest BCUT2D eigenvalue weighted by molar-refractivity contribution is 0.0943. The normalized spacial score (nSPS) is 23.7. The smallest absolute Gasteiger partial charge is 0.251 e. The van der Waals surface area contributed by atoms with Crippen molar-refractivity contribution in [3.8, 4) is 0 Å². The van der Waals surface area contributed by atoms with Gasteiger partial charge in [0, 0.05) is 22.5 Å². The van der Waals surface area contributed by atoms with E-state index >= 15 is 0 Å². The van der Waals surface area contributed by atoms with Crippen LogP contribution >= 0.6 is 23.2 Å². The molecule has 0 bridgehead atoms. The molecule has 2 atom stereocenters. The van der Waals surface area contributed by atoms with Gasteiger partial charge in [-0.2, -0.15) is 0 Å². The van der Waals surface area contributed by atoms with Gasteiger partial charge < -0.3 is 5.32 Å². The maximum absolute atomic E-state index is 11.9. The Balaban J connectivity index is 1.82. The van der Waals surface area contributed by atoms with Gasteiger partial charge in [-0.15, -0.1) is 11.6 Å². The third-order valence-corrected chi connectivity index (χ3v) is 4.02. The van der Waals surface area contributed by atoms with Crippen LogP contribution in [-0.2, 0) is 0 Å². The van der Waals surface area contributed by atoms with E-state index in [-0.39, 0.29) is 11.3 Å². The number of nitrogens with one attached hydrogen (secondary N) is 1. The van der Waals surface area contributed by atoms with Gasteiger partial charge in [-0.3, -0.25) is 4.79 Å². The minimum atomic E-state index is -0.0386. The van der Waals surface area contributed by atoms with Crippen molar-refractivity contribution in [2.75, 3.05) is 6.54 Å². The molecule has 2 rings (SSSR count). The van der Waals surface area contributed by atoms with Crippen LogP contribution in [0.3, 0.4) is 0 Å². The van der Waals surface area contributed by atoms with E-state index in [0.29, 0.717) is 23.0 Å². The Hall–Kier alpha value is -0.730. The number of amides is 1. The largest absolute Gasteiger partial charge is 0.352 e. The number of carbonyl (C=O) groups excluding carboxylic acids is 1. The van der Waals surface area contributed by atoms with Gasteiger partial charge in [0.2, 0.25) is 0 Å². The van der Waals surface area contributed by atoms with Crippen molar-refractivity contribution < 1.29 is 4.79 Å². The molecule has 0 aliphatic heterocycles. The zero-order valence-electron chi connectivity index (χ0n) is 10.2. The Kier molecular flexibility index (Phi) is 4.90. The summed E-state index contributed by atoms with van der Waals surface area (Å²) in [6, 6.07) is 6.93. The number of hydrogen-bond acceptors (Lipinski definition) is 1. The standard InChI is InChI=1S/C14H17Cl2NO/c15-12-6-4-11(5-7-12)14(18)17-9-10-2-1-3-13(16)8-10/h4-7,10,13H,1-3,8-9H2,(H,17,18). The van der Waals surface area contributed by atoms with Crippen molar-refractivity contribution in [3.05, 3.63) is 34.9 Å². The van der Waals surface area contributed by atoms with Gasteiger partial charge in [-0.05, 0) is 49.4 Å². The first kappa shape index (κ1) is 13.7. The number of halogens is 2. The van der Waals surface area contributed by atoms with Crippen molar-refractivity contribution >= 4 is 29.1 Å². The number of carbonyl (C=O) groups is 1. The molecule has 0 spiro atoms. The Morgan fingerprint density at radius 1 is 1.28 bits per heavy atom. The highest BCUT2D eigenvalue weighted by Gasteiger charge is 2.20. The first-order valence-corrected chi connectivity index (χ1v) is 7.14. The molecule has 0 heterocycles. The third-order valence-electron chi connectivity index (χ3n) is 3.38. The second-order valence-electron chi connectivity index (χ2n) is 4.85. The lowest BCUT2D eigenvalue weighted by atomic mass is 9.89. The van der Waals surface area contributed by atoms with Crippen molar-refractivity contribution in [2.45, 2.75) is 31.1 Å². The minimum absolute atomic E-state index is 0.0386. The molecular weight excluding hydrogens is 269 g/mol. The van der Waals surface area contributed by atoms with Crippen LogP contribution in [0.25, 0.3) is 0 Å². The maximum atomic E-state index is 11.9. The monoisotopic (exact) mass is 285 g/mol. The average molecular weight is 286 g/mol. The van der Waals surface area contributed by atoms with Crippen LogP contribution in [0.5, 0.6) is 0 Å². The number of benzene rings is 1. The summed E-state index contributed by atoms with van der Waals surface area (Å²) >= 11 is 11.9. The van der Waals surface area contributed by atoms with Gasteiger partial charge in [0.25, 0.3) is 5.91 Å². The predicted molar refractivity (Wildman–Crippen MR) is 75.4 cm³/mol. The predicted octanol–water partition coefficient (Wildman–Crippen LogP) is 3.87. The van der Waals surface area contributed by atoms with Crippen LogP contribution in [-0.4, -0.2) is 17.8 Å². The molecular formula is C14H17Cl2NO. The molecule has 1 saturated carbocycles. The molecule has 2 nitrogen and oxygen atoms in total. The van der Waals surface area contributed by atoms with Crippen molar-refractivity contribution in [1.29, 1.82) is 0 Å². The summed E-state index contributed by atoms with van der Waals surface area (Å²) < 4.78 is 0. The molecule has 1 N–H and O–H groups in total. The molecule has 1 aromatic carbocycles. The molecule has 2 unspecified atom stereocenters. The SMILES string of the molecule is O=C(NCC1CCCC(Cl)C1)c1ccc(Cl)cc1. The van der Waals surface area contributed by atoms with E-state index in [0.717, 1.165) is 25.7 Å². The number of hydrogen-bond donors (Lipinski definition) is 1. The minimum Gasteiger partial charge on any atom is -0.352 e. The highest BCUT2D eigenvalue weighted by atomic mass is 35.5. The second kappa shape index (κ2) is 6.44. The van der Waals surface area contributed by atoms with E-state index in [1.54, 1.807) is 24.3 Å². The van der Waals surface area contributed by atoms with Crippen LogP contribution in [0.1, 0.15) is 36.0 Å². The number of alkyl halides is 1. The average Bonchev–Trinajstić information content (AvgIpc) is 2.37. The third kappa shape index (κ3) is 3.89. The van der Waals surface area contributed by atoms with Gasteiger partial charge in [0.05, 0.1) is 0 Å². The van der Waals surface area contributed by atoms with Crippen LogP contribution in [0.15, 0.2) is 24.3 Å². The lowest BCUT2D eigenvalue weighted by Crippen LogP contribution is -2.32. The molecule has 1 aromatic rings. The van der Waals surface area contributed by atoms with E-state index in [1.165, 1.54) is 0 Å². The van der Waals surface area contributed by atoms with E-state index in [1.807, 2.05) is 0 Å². The van der Waals surface area contributed by atoms with Gasteiger partial charge >= 0.3 is 0 Å². The fourth-order valence-corrected chi connectivity index (χ4v) is 2.88. The van der Waals surface area contributed by atoms with Gasteiger partial charge in [0.1, 0.15) is 0 Å². The Labute approximate surface area is 118 Å². The zero-order chi connectivity index (χ0) is 13.0. The van der Waals surface area contributed by atoms with Gasteiger partial charge in [-0.25, -0.2) is 0 Å². The fourth-order valence-electron chi connectivity index (χ4n) is 2.35. The molecule has 0 aromatic heterocycles. The highest BCUT2D eigenvalue weighted by Crippen LogP contribution is 2.27. The molecule has 18 heavy (non-hydrogen) atoms. The molecule has 1 amide bonds. The maximum Gasteiger partial charge on any atom is 0.251 e. The summed E-state index contributed by atoms with van der Waals surface area (Å²) in [4.78, 5) is 11.9. The molecule has 0 radical (unpaired) electrons. The van der Waals surface area contributed by atoms with Gasteiger partial charge in [0.15, 0.2) is 0 Å². The van der Waals surface area contributed by atoms with Crippen molar-refractivity contribution in [2.24, 2.45) is 5.92 Å². The Morgan fingerprint density at radius 2 is 2.00 bits per heavy atom. The van der Waals surface area contributed by atoms with E-state index in [9.17, 15) is 4.79 Å². The summed E-state index contributed by atoms with van der Waals surface area (Å²) in [7, 11) is 0. The summed E-state index contributed by atoms with van der Waals surface area (Å²) in [6.07, 6.45) is 4.42. The fraction of sp³-hybridized carbons (Fsp3) is 0.500. The summed E-state index contributed by atoms with van der Waals surface area (Å²) in [5, 5.41) is 3.88. The topological polar surface area (TPSA) is 29.1 Å². The molecule has 1 aliphatic carbocycles. The first-order chi connectivity index (χ1) is 8.65. The highest BCUT2D eigenvalue weighted by molar-refractivity contribution is 6.30. The lowest BCUT2D eigenvalue weighted by Gasteiger charge is -2.25. The van der Waals surface area contributed by atoms with Crippen LogP contribution in [0.2, 0.25) is 5.02 Å².